The minimum Gasteiger partial charge on any atom is -0.368 e. The zero-order valence-electron chi connectivity index (χ0n) is 16.0. The van der Waals surface area contributed by atoms with Gasteiger partial charge in [-0.05, 0) is 55.3 Å². The molecule has 0 bridgehead atoms. The van der Waals surface area contributed by atoms with E-state index in [-0.39, 0.29) is 23.8 Å². The van der Waals surface area contributed by atoms with Gasteiger partial charge in [-0.15, -0.1) is 0 Å². The van der Waals surface area contributed by atoms with Crippen molar-refractivity contribution in [2.75, 3.05) is 25.0 Å². The Balaban J connectivity index is 1.45. The highest BCUT2D eigenvalue weighted by Crippen LogP contribution is 2.23. The fraction of sp³-hybridized carbons (Fsp3) is 0.286. The van der Waals surface area contributed by atoms with Crippen molar-refractivity contribution >= 4 is 46.6 Å². The van der Waals surface area contributed by atoms with E-state index in [0.717, 1.165) is 12.8 Å². The first-order valence-corrected chi connectivity index (χ1v) is 10.2. The third kappa shape index (κ3) is 5.95. The molecule has 30 heavy (non-hydrogen) atoms. The van der Waals surface area contributed by atoms with Crippen LogP contribution in [0.1, 0.15) is 33.6 Å². The van der Waals surface area contributed by atoms with Gasteiger partial charge in [-0.1, -0.05) is 23.2 Å². The van der Waals surface area contributed by atoms with Gasteiger partial charge in [0.2, 0.25) is 5.91 Å². The largest absolute Gasteiger partial charge is 0.368 e. The highest BCUT2D eigenvalue weighted by atomic mass is 35.5. The van der Waals surface area contributed by atoms with Gasteiger partial charge in [0, 0.05) is 36.5 Å². The van der Waals surface area contributed by atoms with E-state index in [1.807, 2.05) is 0 Å². The molecular formula is C21H21Cl2N3O4. The molecule has 0 spiro atoms. The van der Waals surface area contributed by atoms with Crippen LogP contribution in [0.15, 0.2) is 42.5 Å². The molecule has 1 heterocycles. The van der Waals surface area contributed by atoms with Crippen LogP contribution in [0, 0.1) is 0 Å². The summed E-state index contributed by atoms with van der Waals surface area (Å²) < 4.78 is 5.30. The van der Waals surface area contributed by atoms with Crippen LogP contribution in [0.3, 0.4) is 0 Å². The number of amides is 3. The number of carbonyl (C=O) groups excluding carboxylic acids is 3. The van der Waals surface area contributed by atoms with Crippen LogP contribution in [0.4, 0.5) is 5.69 Å². The first kappa shape index (κ1) is 22.1. The van der Waals surface area contributed by atoms with Crippen molar-refractivity contribution < 1.29 is 19.1 Å². The molecule has 3 N–H and O–H groups in total. The van der Waals surface area contributed by atoms with Gasteiger partial charge in [-0.3, -0.25) is 14.4 Å². The van der Waals surface area contributed by atoms with E-state index in [9.17, 15) is 14.4 Å². The number of nitrogens with one attached hydrogen (secondary N) is 3. The van der Waals surface area contributed by atoms with Gasteiger partial charge in [-0.2, -0.15) is 0 Å². The quantitative estimate of drug-likeness (QED) is 0.565. The Bertz CT molecular complexity index is 928. The highest BCUT2D eigenvalue weighted by molar-refractivity contribution is 6.42. The van der Waals surface area contributed by atoms with Crippen LogP contribution in [0.5, 0.6) is 0 Å². The molecule has 1 saturated heterocycles. The van der Waals surface area contributed by atoms with Crippen molar-refractivity contribution in [2.45, 2.75) is 18.9 Å². The molecule has 1 aliphatic heterocycles. The number of anilines is 1. The van der Waals surface area contributed by atoms with Crippen molar-refractivity contribution in [3.05, 3.63) is 63.6 Å². The van der Waals surface area contributed by atoms with Crippen LogP contribution in [0.2, 0.25) is 10.0 Å². The van der Waals surface area contributed by atoms with E-state index in [1.165, 1.54) is 6.07 Å². The fourth-order valence-corrected chi connectivity index (χ4v) is 3.21. The standard InChI is InChI=1S/C21H21Cl2N3O4/c22-16-8-5-14(12-17(16)23)20(28)26-15-6-3-13(4-7-15)19(27)24-9-10-25-21(29)18-2-1-11-30-18/h3-8,12,18H,1-2,9-11H2,(H,24,27)(H,25,29)(H,26,28). The van der Waals surface area contributed by atoms with Gasteiger partial charge in [0.25, 0.3) is 11.8 Å². The number of carbonyl (C=O) groups is 3. The Morgan fingerprint density at radius 1 is 0.900 bits per heavy atom. The lowest BCUT2D eigenvalue weighted by molar-refractivity contribution is -0.129. The Morgan fingerprint density at radius 2 is 1.60 bits per heavy atom. The molecular weight excluding hydrogens is 429 g/mol. The third-order valence-corrected chi connectivity index (χ3v) is 5.26. The van der Waals surface area contributed by atoms with Crippen LogP contribution >= 0.6 is 23.2 Å². The summed E-state index contributed by atoms with van der Waals surface area (Å²) in [5.41, 5.74) is 1.34. The number of hydrogen-bond donors (Lipinski definition) is 3. The van der Waals surface area contributed by atoms with E-state index in [0.29, 0.717) is 46.6 Å². The maximum absolute atomic E-state index is 12.3. The zero-order valence-corrected chi connectivity index (χ0v) is 17.6. The average Bonchev–Trinajstić information content (AvgIpc) is 3.28. The lowest BCUT2D eigenvalue weighted by Gasteiger charge is -2.11. The molecule has 7 nitrogen and oxygen atoms in total. The van der Waals surface area contributed by atoms with Crippen LogP contribution in [-0.2, 0) is 9.53 Å². The second kappa shape index (κ2) is 10.4. The van der Waals surface area contributed by atoms with Crippen molar-refractivity contribution in [2.24, 2.45) is 0 Å². The van der Waals surface area contributed by atoms with Crippen LogP contribution in [-0.4, -0.2) is 43.5 Å². The number of rotatable bonds is 7. The fourth-order valence-electron chi connectivity index (χ4n) is 2.91. The lowest BCUT2D eigenvalue weighted by atomic mass is 10.1. The van der Waals surface area contributed by atoms with E-state index in [1.54, 1.807) is 36.4 Å². The Kier molecular flexibility index (Phi) is 7.68. The number of benzene rings is 2. The molecule has 3 rings (SSSR count). The molecule has 9 heteroatoms. The molecule has 1 fully saturated rings. The molecule has 0 radical (unpaired) electrons. The van der Waals surface area contributed by atoms with E-state index < -0.39 is 0 Å². The average molecular weight is 450 g/mol. The molecule has 0 aromatic heterocycles. The van der Waals surface area contributed by atoms with Gasteiger partial charge in [0.1, 0.15) is 6.10 Å². The molecule has 158 valence electrons. The maximum atomic E-state index is 12.3. The molecule has 2 aromatic carbocycles. The molecule has 1 aliphatic rings. The van der Waals surface area contributed by atoms with E-state index in [4.69, 9.17) is 27.9 Å². The molecule has 1 unspecified atom stereocenters. The lowest BCUT2D eigenvalue weighted by Crippen LogP contribution is -2.39. The van der Waals surface area contributed by atoms with Gasteiger partial charge in [0.05, 0.1) is 10.0 Å². The summed E-state index contributed by atoms with van der Waals surface area (Å²) in [6, 6.07) is 11.1. The van der Waals surface area contributed by atoms with Gasteiger partial charge in [-0.25, -0.2) is 0 Å². The van der Waals surface area contributed by atoms with Crippen LogP contribution in [0.25, 0.3) is 0 Å². The van der Waals surface area contributed by atoms with Crippen molar-refractivity contribution in [3.63, 3.8) is 0 Å². The molecule has 0 aliphatic carbocycles. The number of hydrogen-bond acceptors (Lipinski definition) is 4. The normalized spacial score (nSPS) is 15.5. The molecule has 2 aromatic rings. The minimum absolute atomic E-state index is 0.149. The summed E-state index contributed by atoms with van der Waals surface area (Å²) >= 11 is 11.8. The zero-order chi connectivity index (χ0) is 21.5. The van der Waals surface area contributed by atoms with Crippen molar-refractivity contribution in [3.8, 4) is 0 Å². The summed E-state index contributed by atoms with van der Waals surface area (Å²) in [5, 5.41) is 8.87. The topological polar surface area (TPSA) is 96.5 Å². The van der Waals surface area contributed by atoms with Gasteiger partial charge < -0.3 is 20.7 Å². The number of halogens is 2. The number of ether oxygens (including phenoxy) is 1. The molecule has 1 atom stereocenters. The summed E-state index contributed by atoms with van der Waals surface area (Å²) in [7, 11) is 0. The Hall–Kier alpha value is -2.61. The second-order valence-corrected chi connectivity index (χ2v) is 7.52. The first-order chi connectivity index (χ1) is 14.4. The second-order valence-electron chi connectivity index (χ2n) is 6.71. The van der Waals surface area contributed by atoms with E-state index in [2.05, 4.69) is 16.0 Å². The summed E-state index contributed by atoms with van der Waals surface area (Å²) in [6.07, 6.45) is 1.23. The highest BCUT2D eigenvalue weighted by Gasteiger charge is 2.22. The third-order valence-electron chi connectivity index (χ3n) is 4.52. The summed E-state index contributed by atoms with van der Waals surface area (Å²) in [6.45, 7) is 1.23. The predicted molar refractivity (Wildman–Crippen MR) is 115 cm³/mol. The van der Waals surface area contributed by atoms with Crippen LogP contribution < -0.4 is 16.0 Å². The predicted octanol–water partition coefficient (Wildman–Crippen LogP) is 3.27. The summed E-state index contributed by atoms with van der Waals surface area (Å²) in [4.78, 5) is 36.3. The molecule has 3 amide bonds. The minimum atomic E-state index is -0.382. The molecule has 0 saturated carbocycles. The SMILES string of the molecule is O=C(NCCNC(=O)C1CCCO1)c1ccc(NC(=O)c2ccc(Cl)c(Cl)c2)cc1. The van der Waals surface area contributed by atoms with Crippen molar-refractivity contribution in [1.82, 2.24) is 10.6 Å². The van der Waals surface area contributed by atoms with E-state index >= 15 is 0 Å². The maximum Gasteiger partial charge on any atom is 0.255 e. The first-order valence-electron chi connectivity index (χ1n) is 9.48. The monoisotopic (exact) mass is 449 g/mol. The van der Waals surface area contributed by atoms with Gasteiger partial charge >= 0.3 is 0 Å². The Morgan fingerprint density at radius 3 is 2.27 bits per heavy atom. The smallest absolute Gasteiger partial charge is 0.255 e. The summed E-state index contributed by atoms with van der Waals surface area (Å²) in [5.74, 6) is -0.764. The Labute approximate surface area is 184 Å². The van der Waals surface area contributed by atoms with Crippen molar-refractivity contribution in [1.29, 1.82) is 0 Å². The van der Waals surface area contributed by atoms with Gasteiger partial charge in [0.15, 0.2) is 0 Å².